The minimum Gasteiger partial charge on any atom is -0.344 e. The van der Waals surface area contributed by atoms with Crippen molar-refractivity contribution < 1.29 is 9.32 Å². The molecule has 0 spiro atoms. The molecule has 0 aliphatic rings. The van der Waals surface area contributed by atoms with Crippen LogP contribution in [0, 0.1) is 0 Å². The van der Waals surface area contributed by atoms with Gasteiger partial charge in [-0.05, 0) is 42.0 Å². The Morgan fingerprint density at radius 3 is 2.42 bits per heavy atom. The summed E-state index contributed by atoms with van der Waals surface area (Å²) < 4.78 is 7.10. The van der Waals surface area contributed by atoms with E-state index in [0.29, 0.717) is 12.4 Å². The van der Waals surface area contributed by atoms with Gasteiger partial charge in [0.05, 0.1) is 0 Å². The highest BCUT2D eigenvalue weighted by molar-refractivity contribution is 5.89. The van der Waals surface area contributed by atoms with Gasteiger partial charge in [-0.2, -0.15) is 4.98 Å². The number of nitrogens with zero attached hydrogens (tertiary/aromatic N) is 3. The number of hydrogen-bond acceptors (Lipinski definition) is 4. The van der Waals surface area contributed by atoms with Crippen LogP contribution in [0.4, 0.5) is 0 Å². The van der Waals surface area contributed by atoms with E-state index in [2.05, 4.69) is 15.5 Å². The van der Waals surface area contributed by atoms with Crippen molar-refractivity contribution >= 4 is 5.91 Å². The standard InChI is InChI=1S/C20H16N4O2/c25-19(21-14-15-6-2-1-3-7-15)20-22-18(23-26-20)16-8-10-17(11-9-16)24-12-4-5-13-24/h1-13H,14H2,(H,21,25). The van der Waals surface area contributed by atoms with Gasteiger partial charge in [-0.3, -0.25) is 4.79 Å². The van der Waals surface area contributed by atoms with Crippen molar-refractivity contribution in [2.75, 3.05) is 0 Å². The molecule has 2 aromatic carbocycles. The van der Waals surface area contributed by atoms with Gasteiger partial charge < -0.3 is 14.4 Å². The molecular formula is C20H16N4O2. The third-order valence-corrected chi connectivity index (χ3v) is 3.94. The highest BCUT2D eigenvalue weighted by Gasteiger charge is 2.15. The zero-order valence-electron chi connectivity index (χ0n) is 13.9. The van der Waals surface area contributed by atoms with Gasteiger partial charge in [0, 0.05) is 30.2 Å². The first kappa shape index (κ1) is 15.8. The van der Waals surface area contributed by atoms with E-state index in [1.807, 2.05) is 83.7 Å². The summed E-state index contributed by atoms with van der Waals surface area (Å²) in [6.45, 7) is 0.406. The molecule has 26 heavy (non-hydrogen) atoms. The van der Waals surface area contributed by atoms with Crippen molar-refractivity contribution in [3.8, 4) is 17.1 Å². The summed E-state index contributed by atoms with van der Waals surface area (Å²) in [7, 11) is 0. The van der Waals surface area contributed by atoms with E-state index in [0.717, 1.165) is 16.8 Å². The molecule has 4 aromatic rings. The number of rotatable bonds is 5. The lowest BCUT2D eigenvalue weighted by Gasteiger charge is -2.03. The van der Waals surface area contributed by atoms with E-state index >= 15 is 0 Å². The molecule has 6 heteroatoms. The molecule has 6 nitrogen and oxygen atoms in total. The normalized spacial score (nSPS) is 10.6. The lowest BCUT2D eigenvalue weighted by molar-refractivity contribution is 0.0907. The largest absolute Gasteiger partial charge is 0.344 e. The zero-order chi connectivity index (χ0) is 17.8. The maximum Gasteiger partial charge on any atom is 0.316 e. The molecule has 0 atom stereocenters. The molecule has 0 unspecified atom stereocenters. The van der Waals surface area contributed by atoms with Crippen molar-refractivity contribution in [3.63, 3.8) is 0 Å². The number of hydrogen-bond donors (Lipinski definition) is 1. The van der Waals surface area contributed by atoms with Crippen LogP contribution in [0.2, 0.25) is 0 Å². The van der Waals surface area contributed by atoms with E-state index in [4.69, 9.17) is 4.52 Å². The molecule has 1 amide bonds. The number of nitrogens with one attached hydrogen (secondary N) is 1. The highest BCUT2D eigenvalue weighted by Crippen LogP contribution is 2.18. The molecule has 4 rings (SSSR count). The second-order valence-corrected chi connectivity index (χ2v) is 5.73. The van der Waals surface area contributed by atoms with Crippen molar-refractivity contribution in [2.45, 2.75) is 6.54 Å². The Labute approximate surface area is 150 Å². The fourth-order valence-electron chi connectivity index (χ4n) is 2.58. The van der Waals surface area contributed by atoms with Crippen LogP contribution in [-0.4, -0.2) is 20.6 Å². The van der Waals surface area contributed by atoms with E-state index in [1.165, 1.54) is 0 Å². The van der Waals surface area contributed by atoms with Crippen LogP contribution in [0.25, 0.3) is 17.1 Å². The second-order valence-electron chi connectivity index (χ2n) is 5.73. The summed E-state index contributed by atoms with van der Waals surface area (Å²) in [5.74, 6) is -0.0594. The lowest BCUT2D eigenvalue weighted by atomic mass is 10.2. The zero-order valence-corrected chi connectivity index (χ0v) is 13.9. The summed E-state index contributed by atoms with van der Waals surface area (Å²) >= 11 is 0. The first-order chi connectivity index (χ1) is 12.8. The third kappa shape index (κ3) is 3.39. The quantitative estimate of drug-likeness (QED) is 0.602. The second kappa shape index (κ2) is 7.06. The maximum absolute atomic E-state index is 12.2. The number of aromatic nitrogens is 3. The minimum atomic E-state index is -0.392. The van der Waals surface area contributed by atoms with Crippen LogP contribution in [0.3, 0.4) is 0 Å². The summed E-state index contributed by atoms with van der Waals surface area (Å²) in [6.07, 6.45) is 3.94. The number of benzene rings is 2. The topological polar surface area (TPSA) is 73.0 Å². The van der Waals surface area contributed by atoms with Crippen LogP contribution in [0.15, 0.2) is 83.6 Å². The molecule has 0 bridgehead atoms. The number of carbonyl (C=O) groups excluding carboxylic acids is 1. The summed E-state index contributed by atoms with van der Waals surface area (Å²) in [6, 6.07) is 21.3. The molecule has 0 saturated carbocycles. The Morgan fingerprint density at radius 1 is 0.962 bits per heavy atom. The first-order valence-corrected chi connectivity index (χ1v) is 8.19. The molecule has 0 aliphatic carbocycles. The van der Waals surface area contributed by atoms with Crippen molar-refractivity contribution in [2.24, 2.45) is 0 Å². The molecule has 0 aliphatic heterocycles. The van der Waals surface area contributed by atoms with E-state index in [9.17, 15) is 4.79 Å². The Morgan fingerprint density at radius 2 is 1.69 bits per heavy atom. The Kier molecular flexibility index (Phi) is 4.30. The lowest BCUT2D eigenvalue weighted by Crippen LogP contribution is -2.23. The molecule has 0 radical (unpaired) electrons. The molecule has 128 valence electrons. The highest BCUT2D eigenvalue weighted by atomic mass is 16.5. The van der Waals surface area contributed by atoms with Gasteiger partial charge in [0.1, 0.15) is 0 Å². The smallest absolute Gasteiger partial charge is 0.316 e. The first-order valence-electron chi connectivity index (χ1n) is 8.19. The average molecular weight is 344 g/mol. The van der Waals surface area contributed by atoms with Crippen LogP contribution >= 0.6 is 0 Å². The van der Waals surface area contributed by atoms with Gasteiger partial charge in [0.15, 0.2) is 0 Å². The van der Waals surface area contributed by atoms with E-state index in [-0.39, 0.29) is 5.89 Å². The molecule has 2 heterocycles. The number of amides is 1. The predicted octanol–water partition coefficient (Wildman–Crippen LogP) is 3.46. The van der Waals surface area contributed by atoms with Crippen LogP contribution in [0.1, 0.15) is 16.2 Å². The van der Waals surface area contributed by atoms with Gasteiger partial charge in [-0.25, -0.2) is 0 Å². The van der Waals surface area contributed by atoms with Crippen LogP contribution in [-0.2, 0) is 6.54 Å². The average Bonchev–Trinajstić information content (AvgIpc) is 3.39. The Hall–Kier alpha value is -3.67. The summed E-state index contributed by atoms with van der Waals surface area (Å²) in [4.78, 5) is 16.3. The Balaban J connectivity index is 1.44. The van der Waals surface area contributed by atoms with Gasteiger partial charge >= 0.3 is 11.8 Å². The van der Waals surface area contributed by atoms with Gasteiger partial charge in [0.2, 0.25) is 5.82 Å². The van der Waals surface area contributed by atoms with Crippen molar-refractivity contribution in [1.82, 2.24) is 20.0 Å². The predicted molar refractivity (Wildman–Crippen MR) is 96.7 cm³/mol. The fourth-order valence-corrected chi connectivity index (χ4v) is 2.58. The molecule has 0 saturated heterocycles. The molecular weight excluding hydrogens is 328 g/mol. The molecule has 1 N–H and O–H groups in total. The Bertz CT molecular complexity index is 990. The van der Waals surface area contributed by atoms with E-state index in [1.54, 1.807) is 0 Å². The summed E-state index contributed by atoms with van der Waals surface area (Å²) in [5.41, 5.74) is 2.82. The summed E-state index contributed by atoms with van der Waals surface area (Å²) in [5, 5.41) is 6.67. The van der Waals surface area contributed by atoms with Gasteiger partial charge in [0.25, 0.3) is 0 Å². The van der Waals surface area contributed by atoms with Gasteiger partial charge in [-0.1, -0.05) is 35.5 Å². The minimum absolute atomic E-state index is 0.0505. The molecule has 0 fully saturated rings. The third-order valence-electron chi connectivity index (χ3n) is 3.94. The fraction of sp³-hybridized carbons (Fsp3) is 0.0500. The maximum atomic E-state index is 12.2. The van der Waals surface area contributed by atoms with Gasteiger partial charge in [-0.15, -0.1) is 0 Å². The van der Waals surface area contributed by atoms with E-state index < -0.39 is 5.91 Å². The monoisotopic (exact) mass is 344 g/mol. The number of carbonyl (C=O) groups is 1. The van der Waals surface area contributed by atoms with Crippen molar-refractivity contribution in [1.29, 1.82) is 0 Å². The SMILES string of the molecule is O=C(NCc1ccccc1)c1nc(-c2ccc(-n3cccc3)cc2)no1. The van der Waals surface area contributed by atoms with Crippen LogP contribution in [0.5, 0.6) is 0 Å². The molecule has 2 aromatic heterocycles. The van der Waals surface area contributed by atoms with Crippen LogP contribution < -0.4 is 5.32 Å². The van der Waals surface area contributed by atoms with Crippen molar-refractivity contribution in [3.05, 3.63) is 90.6 Å².